The third-order valence-corrected chi connectivity index (χ3v) is 5.66. The van der Waals surface area contributed by atoms with Crippen molar-refractivity contribution >= 4 is 33.3 Å². The molecule has 1 amide bonds. The van der Waals surface area contributed by atoms with Gasteiger partial charge in [0.2, 0.25) is 5.91 Å². The monoisotopic (exact) mass is 332 g/mol. The number of carbonyl (C=O) groups is 1. The molecule has 1 unspecified atom stereocenters. The van der Waals surface area contributed by atoms with Crippen LogP contribution in [0.1, 0.15) is 36.0 Å². The summed E-state index contributed by atoms with van der Waals surface area (Å²) in [6, 6.07) is 0. The molecule has 1 saturated heterocycles. The van der Waals surface area contributed by atoms with Gasteiger partial charge in [0.1, 0.15) is 16.5 Å². The maximum atomic E-state index is 12.5. The second-order valence-electron chi connectivity index (χ2n) is 6.52. The minimum absolute atomic E-state index is 0.158. The lowest BCUT2D eigenvalue weighted by Crippen LogP contribution is -2.42. The molecule has 23 heavy (non-hydrogen) atoms. The smallest absolute Gasteiger partial charge is 0.241 e. The van der Waals surface area contributed by atoms with Crippen LogP contribution >= 0.6 is 11.3 Å². The van der Waals surface area contributed by atoms with E-state index >= 15 is 0 Å². The molecule has 1 N–H and O–H groups in total. The topological polar surface area (TPSA) is 58.1 Å². The van der Waals surface area contributed by atoms with Crippen molar-refractivity contribution in [3.05, 3.63) is 16.3 Å². The average molecular weight is 332 g/mol. The number of hydrogen-bond donors (Lipinski definition) is 1. The van der Waals surface area contributed by atoms with Gasteiger partial charge in [-0.25, -0.2) is 9.97 Å². The summed E-state index contributed by atoms with van der Waals surface area (Å²) in [5, 5.41) is 4.31. The highest BCUT2D eigenvalue weighted by atomic mass is 32.1. The first kappa shape index (κ1) is 16.2. The van der Waals surface area contributed by atoms with Gasteiger partial charge in [0, 0.05) is 18.0 Å². The van der Waals surface area contributed by atoms with E-state index in [1.807, 2.05) is 11.8 Å². The molecule has 6 heteroatoms. The number of thiophene rings is 1. The van der Waals surface area contributed by atoms with Crippen LogP contribution in [0.4, 0.5) is 5.82 Å². The van der Waals surface area contributed by atoms with Crippen LogP contribution in [0.3, 0.4) is 0 Å². The van der Waals surface area contributed by atoms with Crippen molar-refractivity contribution in [1.29, 1.82) is 0 Å². The molecule has 2 aromatic rings. The number of carbonyl (C=O) groups excluding carboxylic acids is 1. The molecule has 5 nitrogen and oxygen atoms in total. The van der Waals surface area contributed by atoms with Gasteiger partial charge in [-0.2, -0.15) is 0 Å². The molecule has 3 heterocycles. The molecule has 1 aliphatic rings. The minimum Gasteiger partial charge on any atom is -0.360 e. The molecule has 0 spiro atoms. The first-order valence-corrected chi connectivity index (χ1v) is 9.03. The number of likely N-dealkylation sites (tertiary alicyclic amines) is 1. The standard InChI is InChI=1S/C17H24N4OS/c1-10-6-5-7-21(9-10)14(22)8-18-16-15-11(2)12(3)23-17(15)20-13(4)19-16/h10H,5-9H2,1-4H3,(H,18,19,20). The van der Waals surface area contributed by atoms with Crippen LogP contribution in [-0.4, -0.2) is 40.4 Å². The third-order valence-electron chi connectivity index (χ3n) is 4.56. The summed E-state index contributed by atoms with van der Waals surface area (Å²) in [5.74, 6) is 2.28. The number of hydrogen-bond acceptors (Lipinski definition) is 5. The lowest BCUT2D eigenvalue weighted by atomic mass is 10.0. The number of piperidine rings is 1. The second-order valence-corrected chi connectivity index (χ2v) is 7.73. The highest BCUT2D eigenvalue weighted by molar-refractivity contribution is 7.18. The molecule has 124 valence electrons. The van der Waals surface area contributed by atoms with Gasteiger partial charge < -0.3 is 10.2 Å². The molecule has 0 aromatic carbocycles. The predicted octanol–water partition coefficient (Wildman–Crippen LogP) is 3.29. The van der Waals surface area contributed by atoms with E-state index in [0.717, 1.165) is 41.4 Å². The van der Waals surface area contributed by atoms with E-state index < -0.39 is 0 Å². The number of nitrogens with one attached hydrogen (secondary N) is 1. The van der Waals surface area contributed by atoms with E-state index in [0.29, 0.717) is 12.5 Å². The number of aromatic nitrogens is 2. The van der Waals surface area contributed by atoms with E-state index in [9.17, 15) is 4.79 Å². The van der Waals surface area contributed by atoms with E-state index in [1.54, 1.807) is 11.3 Å². The molecular formula is C17H24N4OS. The number of nitrogens with zero attached hydrogens (tertiary/aromatic N) is 3. The summed E-state index contributed by atoms with van der Waals surface area (Å²) in [7, 11) is 0. The Morgan fingerprint density at radius 1 is 1.35 bits per heavy atom. The fourth-order valence-corrected chi connectivity index (χ4v) is 4.25. The average Bonchev–Trinajstić information content (AvgIpc) is 2.79. The zero-order valence-corrected chi connectivity index (χ0v) is 15.1. The lowest BCUT2D eigenvalue weighted by Gasteiger charge is -2.31. The van der Waals surface area contributed by atoms with Crippen LogP contribution in [0, 0.1) is 26.7 Å². The van der Waals surface area contributed by atoms with Crippen molar-refractivity contribution in [3.63, 3.8) is 0 Å². The maximum Gasteiger partial charge on any atom is 0.241 e. The van der Waals surface area contributed by atoms with Crippen molar-refractivity contribution in [2.75, 3.05) is 25.0 Å². The van der Waals surface area contributed by atoms with Gasteiger partial charge in [-0.15, -0.1) is 11.3 Å². The summed E-state index contributed by atoms with van der Waals surface area (Å²) < 4.78 is 0. The van der Waals surface area contributed by atoms with Crippen molar-refractivity contribution < 1.29 is 4.79 Å². The molecule has 1 atom stereocenters. The number of fused-ring (bicyclic) bond motifs is 1. The van der Waals surface area contributed by atoms with Gasteiger partial charge in [-0.05, 0) is 45.1 Å². The zero-order valence-electron chi connectivity index (χ0n) is 14.3. The van der Waals surface area contributed by atoms with Gasteiger partial charge in [0.05, 0.1) is 11.9 Å². The van der Waals surface area contributed by atoms with Gasteiger partial charge in [0.15, 0.2) is 0 Å². The number of aryl methyl sites for hydroxylation is 3. The SMILES string of the molecule is Cc1nc(NCC(=O)N2CCCC(C)C2)c2c(C)c(C)sc2n1. The first-order chi connectivity index (χ1) is 11.0. The lowest BCUT2D eigenvalue weighted by molar-refractivity contribution is -0.130. The van der Waals surface area contributed by atoms with Gasteiger partial charge in [-0.1, -0.05) is 6.92 Å². The molecule has 0 aliphatic carbocycles. The quantitative estimate of drug-likeness (QED) is 0.937. The third kappa shape index (κ3) is 3.32. The molecule has 3 rings (SSSR count). The van der Waals surface area contributed by atoms with Gasteiger partial charge in [0.25, 0.3) is 0 Å². The van der Waals surface area contributed by atoms with Crippen molar-refractivity contribution in [3.8, 4) is 0 Å². The molecule has 2 aromatic heterocycles. The Bertz CT molecular complexity index is 740. The second kappa shape index (κ2) is 6.43. The van der Waals surface area contributed by atoms with Crippen LogP contribution in [0.2, 0.25) is 0 Å². The Balaban J connectivity index is 1.77. The fourth-order valence-electron chi connectivity index (χ4n) is 3.17. The maximum absolute atomic E-state index is 12.5. The van der Waals surface area contributed by atoms with Crippen molar-refractivity contribution in [2.45, 2.75) is 40.5 Å². The van der Waals surface area contributed by atoms with Gasteiger partial charge >= 0.3 is 0 Å². The summed E-state index contributed by atoms with van der Waals surface area (Å²) in [4.78, 5) is 25.7. The molecule has 0 bridgehead atoms. The number of amides is 1. The van der Waals surface area contributed by atoms with Crippen LogP contribution in [-0.2, 0) is 4.79 Å². The Morgan fingerprint density at radius 3 is 2.87 bits per heavy atom. The largest absolute Gasteiger partial charge is 0.360 e. The normalized spacial score (nSPS) is 18.4. The first-order valence-electron chi connectivity index (χ1n) is 8.21. The van der Waals surface area contributed by atoms with Crippen LogP contribution < -0.4 is 5.32 Å². The van der Waals surface area contributed by atoms with Crippen LogP contribution in [0.15, 0.2) is 0 Å². The summed E-state index contributed by atoms with van der Waals surface area (Å²) in [6.45, 7) is 10.3. The van der Waals surface area contributed by atoms with Crippen molar-refractivity contribution in [1.82, 2.24) is 14.9 Å². The number of rotatable bonds is 3. The Kier molecular flexibility index (Phi) is 4.53. The molecule has 0 radical (unpaired) electrons. The fraction of sp³-hybridized carbons (Fsp3) is 0.588. The van der Waals surface area contributed by atoms with Gasteiger partial charge in [-0.3, -0.25) is 4.79 Å². The molecule has 1 fully saturated rings. The molecule has 1 aliphatic heterocycles. The predicted molar refractivity (Wildman–Crippen MR) is 95.1 cm³/mol. The Hall–Kier alpha value is -1.69. The summed E-state index contributed by atoms with van der Waals surface area (Å²) in [6.07, 6.45) is 2.32. The Labute approximate surface area is 141 Å². The van der Waals surface area contributed by atoms with E-state index in [2.05, 4.69) is 36.1 Å². The summed E-state index contributed by atoms with van der Waals surface area (Å²) >= 11 is 1.68. The van der Waals surface area contributed by atoms with E-state index in [-0.39, 0.29) is 5.91 Å². The molecular weight excluding hydrogens is 308 g/mol. The summed E-state index contributed by atoms with van der Waals surface area (Å²) in [5.41, 5.74) is 1.20. The highest BCUT2D eigenvalue weighted by Crippen LogP contribution is 2.33. The van der Waals surface area contributed by atoms with E-state index in [1.165, 1.54) is 16.9 Å². The number of anilines is 1. The van der Waals surface area contributed by atoms with Crippen LogP contribution in [0.25, 0.3) is 10.2 Å². The van der Waals surface area contributed by atoms with Crippen molar-refractivity contribution in [2.24, 2.45) is 5.92 Å². The highest BCUT2D eigenvalue weighted by Gasteiger charge is 2.21. The molecule has 0 saturated carbocycles. The Morgan fingerprint density at radius 2 is 2.13 bits per heavy atom. The zero-order chi connectivity index (χ0) is 16.6. The minimum atomic E-state index is 0.158. The van der Waals surface area contributed by atoms with E-state index in [4.69, 9.17) is 0 Å². The van der Waals surface area contributed by atoms with Crippen LogP contribution in [0.5, 0.6) is 0 Å².